The van der Waals surface area contributed by atoms with Gasteiger partial charge in [-0.2, -0.15) is 5.10 Å². The van der Waals surface area contributed by atoms with Gasteiger partial charge in [0, 0.05) is 19.2 Å². The Morgan fingerprint density at radius 2 is 1.61 bits per heavy atom. The molecule has 0 aromatic heterocycles. The number of nitrogens with zero attached hydrogens (tertiary/aromatic N) is 3. The van der Waals surface area contributed by atoms with Gasteiger partial charge in [-0.05, 0) is 42.0 Å². The van der Waals surface area contributed by atoms with E-state index in [-0.39, 0.29) is 16.8 Å². The molecule has 1 atom stereocenters. The Bertz CT molecular complexity index is 1250. The number of hydrazone groups is 1. The third kappa shape index (κ3) is 4.80. The summed E-state index contributed by atoms with van der Waals surface area (Å²) >= 11 is 0. The normalized spacial score (nSPS) is 16.0. The molecule has 0 spiro atoms. The second kappa shape index (κ2) is 9.53. The molecule has 4 rings (SSSR count). The lowest BCUT2D eigenvalue weighted by atomic mass is 10.0. The van der Waals surface area contributed by atoms with Crippen LogP contribution in [0.5, 0.6) is 0 Å². The number of hydroxylamine groups is 1. The summed E-state index contributed by atoms with van der Waals surface area (Å²) in [6.45, 7) is 0. The second-order valence-electron chi connectivity index (χ2n) is 7.43. The van der Waals surface area contributed by atoms with Gasteiger partial charge in [0.2, 0.25) is 0 Å². The van der Waals surface area contributed by atoms with Crippen molar-refractivity contribution in [2.24, 2.45) is 5.10 Å². The van der Waals surface area contributed by atoms with Crippen LogP contribution in [-0.2, 0) is 19.7 Å². The van der Waals surface area contributed by atoms with Gasteiger partial charge in [0.25, 0.3) is 15.9 Å². The van der Waals surface area contributed by atoms with Crippen LogP contribution in [-0.4, -0.2) is 38.7 Å². The summed E-state index contributed by atoms with van der Waals surface area (Å²) in [6.07, 6.45) is 0.440. The number of amides is 1. The molecule has 8 nitrogen and oxygen atoms in total. The molecule has 0 bridgehead atoms. The van der Waals surface area contributed by atoms with E-state index in [2.05, 4.69) is 10.4 Å². The average Bonchev–Trinajstić information content (AvgIpc) is 3.31. The number of para-hydroxylation sites is 1. The van der Waals surface area contributed by atoms with Crippen molar-refractivity contribution in [3.05, 3.63) is 90.5 Å². The number of hydrogen-bond donors (Lipinski definition) is 1. The van der Waals surface area contributed by atoms with E-state index in [9.17, 15) is 13.2 Å². The Hall–Kier alpha value is -3.53. The fraction of sp³-hybridized carbons (Fsp3) is 0.167. The molecule has 1 heterocycles. The topological polar surface area (TPSA) is 91.3 Å². The van der Waals surface area contributed by atoms with Crippen LogP contribution in [0.4, 0.5) is 11.4 Å². The molecule has 3 aromatic carbocycles. The van der Waals surface area contributed by atoms with E-state index >= 15 is 0 Å². The van der Waals surface area contributed by atoms with E-state index in [0.29, 0.717) is 17.8 Å². The predicted octanol–water partition coefficient (Wildman–Crippen LogP) is 3.81. The molecule has 0 aliphatic carbocycles. The van der Waals surface area contributed by atoms with E-state index in [1.54, 1.807) is 0 Å². The third-order valence-corrected chi connectivity index (χ3v) is 7.08. The van der Waals surface area contributed by atoms with Crippen LogP contribution in [0.15, 0.2) is 94.9 Å². The summed E-state index contributed by atoms with van der Waals surface area (Å²) in [4.78, 5) is 17.8. The first-order valence-corrected chi connectivity index (χ1v) is 11.8. The van der Waals surface area contributed by atoms with Gasteiger partial charge in [-0.1, -0.05) is 53.0 Å². The molecule has 0 radical (unpaired) electrons. The van der Waals surface area contributed by atoms with Crippen molar-refractivity contribution in [2.75, 3.05) is 24.5 Å². The van der Waals surface area contributed by atoms with Gasteiger partial charge in [0.15, 0.2) is 0 Å². The SMILES string of the molecule is CON(C)S(=O)(=O)c1ccc(NC(=O)C2=NN(c3ccccc3)C(c3ccccc3)C2)cc1. The van der Waals surface area contributed by atoms with Crippen molar-refractivity contribution in [3.63, 3.8) is 0 Å². The van der Waals surface area contributed by atoms with Gasteiger partial charge >= 0.3 is 0 Å². The lowest BCUT2D eigenvalue weighted by Gasteiger charge is -2.23. The van der Waals surface area contributed by atoms with Gasteiger partial charge in [-0.25, -0.2) is 8.42 Å². The lowest BCUT2D eigenvalue weighted by Crippen LogP contribution is -2.25. The van der Waals surface area contributed by atoms with Gasteiger partial charge in [-0.15, -0.1) is 0 Å². The number of benzene rings is 3. The third-order valence-electron chi connectivity index (χ3n) is 5.38. The zero-order valence-electron chi connectivity index (χ0n) is 18.3. The predicted molar refractivity (Wildman–Crippen MR) is 127 cm³/mol. The number of carbonyl (C=O) groups is 1. The van der Waals surface area contributed by atoms with E-state index in [4.69, 9.17) is 4.84 Å². The number of anilines is 2. The van der Waals surface area contributed by atoms with Crippen LogP contribution in [0, 0.1) is 0 Å². The maximum atomic E-state index is 13.0. The van der Waals surface area contributed by atoms with Crippen molar-refractivity contribution < 1.29 is 18.0 Å². The van der Waals surface area contributed by atoms with E-state index < -0.39 is 10.0 Å². The Balaban J connectivity index is 1.54. The molecular weight excluding hydrogens is 440 g/mol. The van der Waals surface area contributed by atoms with Crippen molar-refractivity contribution in [1.82, 2.24) is 4.47 Å². The van der Waals surface area contributed by atoms with Gasteiger partial charge in [-0.3, -0.25) is 14.6 Å². The number of carbonyl (C=O) groups excluding carboxylic acids is 1. The van der Waals surface area contributed by atoms with Crippen LogP contribution < -0.4 is 10.3 Å². The van der Waals surface area contributed by atoms with Crippen LogP contribution in [0.1, 0.15) is 18.0 Å². The van der Waals surface area contributed by atoms with Gasteiger partial charge in [0.05, 0.1) is 23.7 Å². The maximum Gasteiger partial charge on any atom is 0.271 e. The quantitative estimate of drug-likeness (QED) is 0.537. The summed E-state index contributed by atoms with van der Waals surface area (Å²) in [5.74, 6) is -0.334. The minimum absolute atomic E-state index is 0.0578. The number of rotatable bonds is 7. The molecule has 1 N–H and O–H groups in total. The first kappa shape index (κ1) is 22.7. The average molecular weight is 465 g/mol. The molecule has 0 saturated heterocycles. The standard InChI is InChI=1S/C24H24N4O4S/c1-27(32-2)33(30,31)21-15-13-19(14-16-21)25-24(29)22-17-23(18-9-5-3-6-10-18)28(26-22)20-11-7-4-8-12-20/h3-16,23H,17H2,1-2H3,(H,25,29). The summed E-state index contributed by atoms with van der Waals surface area (Å²) in [5.41, 5.74) is 2.82. The molecule has 170 valence electrons. The highest BCUT2D eigenvalue weighted by molar-refractivity contribution is 7.89. The fourth-order valence-electron chi connectivity index (χ4n) is 3.56. The molecule has 1 aliphatic heterocycles. The van der Waals surface area contributed by atoms with Crippen LogP contribution in [0.3, 0.4) is 0 Å². The maximum absolute atomic E-state index is 13.0. The zero-order valence-corrected chi connectivity index (χ0v) is 19.1. The fourth-order valence-corrected chi connectivity index (χ4v) is 4.53. The van der Waals surface area contributed by atoms with Crippen molar-refractivity contribution in [2.45, 2.75) is 17.4 Å². The summed E-state index contributed by atoms with van der Waals surface area (Å²) in [6, 6.07) is 25.4. The molecular formula is C24H24N4O4S. The minimum Gasteiger partial charge on any atom is -0.321 e. The number of hydrogen-bond acceptors (Lipinski definition) is 6. The Morgan fingerprint density at radius 1 is 1.00 bits per heavy atom. The second-order valence-corrected chi connectivity index (χ2v) is 9.37. The highest BCUT2D eigenvalue weighted by Crippen LogP contribution is 2.35. The molecule has 1 aliphatic rings. The monoisotopic (exact) mass is 464 g/mol. The molecule has 0 fully saturated rings. The zero-order chi connectivity index (χ0) is 23.4. The summed E-state index contributed by atoms with van der Waals surface area (Å²) in [5, 5.41) is 9.30. The highest BCUT2D eigenvalue weighted by Gasteiger charge is 2.32. The van der Waals surface area contributed by atoms with E-state index in [0.717, 1.165) is 15.7 Å². The lowest BCUT2D eigenvalue weighted by molar-refractivity contribution is -0.110. The Morgan fingerprint density at radius 3 is 2.21 bits per heavy atom. The minimum atomic E-state index is -3.76. The van der Waals surface area contributed by atoms with Crippen molar-refractivity contribution in [1.29, 1.82) is 0 Å². The van der Waals surface area contributed by atoms with Crippen molar-refractivity contribution in [3.8, 4) is 0 Å². The molecule has 1 unspecified atom stereocenters. The van der Waals surface area contributed by atoms with Crippen LogP contribution in [0.2, 0.25) is 0 Å². The Labute approximate surface area is 193 Å². The first-order valence-electron chi connectivity index (χ1n) is 10.3. The molecule has 9 heteroatoms. The molecule has 0 saturated carbocycles. The highest BCUT2D eigenvalue weighted by atomic mass is 32.2. The Kier molecular flexibility index (Phi) is 6.55. The molecule has 33 heavy (non-hydrogen) atoms. The van der Waals surface area contributed by atoms with Crippen LogP contribution >= 0.6 is 0 Å². The van der Waals surface area contributed by atoms with Crippen LogP contribution in [0.25, 0.3) is 0 Å². The summed E-state index contributed by atoms with van der Waals surface area (Å²) < 4.78 is 25.4. The number of sulfonamides is 1. The van der Waals surface area contributed by atoms with E-state index in [1.165, 1.54) is 38.4 Å². The van der Waals surface area contributed by atoms with E-state index in [1.807, 2.05) is 65.7 Å². The van der Waals surface area contributed by atoms with Gasteiger partial charge < -0.3 is 5.32 Å². The van der Waals surface area contributed by atoms with Crippen molar-refractivity contribution >= 4 is 33.0 Å². The first-order chi connectivity index (χ1) is 15.9. The number of nitrogens with one attached hydrogen (secondary N) is 1. The smallest absolute Gasteiger partial charge is 0.271 e. The molecule has 3 aromatic rings. The molecule has 1 amide bonds. The van der Waals surface area contributed by atoms with Gasteiger partial charge in [0.1, 0.15) is 5.71 Å². The largest absolute Gasteiger partial charge is 0.321 e. The summed E-state index contributed by atoms with van der Waals surface area (Å²) in [7, 11) is -1.17.